The maximum Gasteiger partial charge on any atom is 0.253 e. The fraction of sp³-hybridized carbons (Fsp3) is 0.471. The number of aromatic nitrogens is 2. The SMILES string of the molecule is CCNC(=O)c1cccc2cnc(NC3CCC(O)CC3)nc12. The van der Waals surface area contributed by atoms with Crippen LogP contribution in [0.15, 0.2) is 24.4 Å². The van der Waals surface area contributed by atoms with Gasteiger partial charge in [-0.25, -0.2) is 9.97 Å². The third-order valence-corrected chi connectivity index (χ3v) is 4.22. The normalized spacial score (nSPS) is 21.1. The summed E-state index contributed by atoms with van der Waals surface area (Å²) < 4.78 is 0. The molecule has 0 atom stereocenters. The Morgan fingerprint density at radius 2 is 2.09 bits per heavy atom. The molecule has 0 spiro atoms. The Balaban J connectivity index is 1.85. The molecule has 122 valence electrons. The molecule has 0 radical (unpaired) electrons. The lowest BCUT2D eigenvalue weighted by Gasteiger charge is -2.26. The van der Waals surface area contributed by atoms with Crippen LogP contribution in [0.1, 0.15) is 43.0 Å². The van der Waals surface area contributed by atoms with Gasteiger partial charge in [0.2, 0.25) is 5.95 Å². The predicted octanol–water partition coefficient (Wildman–Crippen LogP) is 2.09. The summed E-state index contributed by atoms with van der Waals surface area (Å²) in [6.07, 6.45) is 4.96. The molecule has 23 heavy (non-hydrogen) atoms. The van der Waals surface area contributed by atoms with Crippen LogP contribution in [0.25, 0.3) is 10.9 Å². The molecule has 6 heteroatoms. The Hall–Kier alpha value is -2.21. The van der Waals surface area contributed by atoms with E-state index in [0.717, 1.165) is 31.1 Å². The van der Waals surface area contributed by atoms with E-state index >= 15 is 0 Å². The lowest BCUT2D eigenvalue weighted by molar-refractivity contribution is 0.0957. The summed E-state index contributed by atoms with van der Waals surface area (Å²) >= 11 is 0. The van der Waals surface area contributed by atoms with Crippen LogP contribution in [0, 0.1) is 0 Å². The van der Waals surface area contributed by atoms with E-state index in [4.69, 9.17) is 0 Å². The molecule has 1 aromatic carbocycles. The van der Waals surface area contributed by atoms with E-state index in [1.165, 1.54) is 0 Å². The molecule has 1 aliphatic carbocycles. The predicted molar refractivity (Wildman–Crippen MR) is 89.4 cm³/mol. The second kappa shape index (κ2) is 6.91. The Morgan fingerprint density at radius 3 is 2.83 bits per heavy atom. The minimum absolute atomic E-state index is 0.122. The van der Waals surface area contributed by atoms with Gasteiger partial charge in [0.05, 0.1) is 17.2 Å². The van der Waals surface area contributed by atoms with Crippen molar-refractivity contribution in [3.8, 4) is 0 Å². The molecule has 1 aromatic heterocycles. The average molecular weight is 314 g/mol. The molecule has 3 N–H and O–H groups in total. The van der Waals surface area contributed by atoms with Gasteiger partial charge >= 0.3 is 0 Å². The number of benzene rings is 1. The third-order valence-electron chi connectivity index (χ3n) is 4.22. The number of rotatable bonds is 4. The van der Waals surface area contributed by atoms with Crippen LogP contribution in [0.5, 0.6) is 0 Å². The van der Waals surface area contributed by atoms with Crippen molar-refractivity contribution in [1.29, 1.82) is 0 Å². The van der Waals surface area contributed by atoms with E-state index in [-0.39, 0.29) is 18.1 Å². The molecule has 0 bridgehead atoms. The van der Waals surface area contributed by atoms with Gasteiger partial charge in [-0.15, -0.1) is 0 Å². The van der Waals surface area contributed by atoms with Crippen molar-refractivity contribution >= 4 is 22.8 Å². The van der Waals surface area contributed by atoms with Crippen LogP contribution < -0.4 is 10.6 Å². The van der Waals surface area contributed by atoms with Crippen LogP contribution in [0.4, 0.5) is 5.95 Å². The van der Waals surface area contributed by atoms with E-state index in [2.05, 4.69) is 20.6 Å². The molecular formula is C17H22N4O2. The number of hydrogen-bond acceptors (Lipinski definition) is 5. The number of carbonyl (C=O) groups is 1. The van der Waals surface area contributed by atoms with Gasteiger partial charge in [-0.2, -0.15) is 0 Å². The Kier molecular flexibility index (Phi) is 4.71. The molecule has 1 saturated carbocycles. The Bertz CT molecular complexity index is 696. The molecule has 2 aromatic rings. The zero-order chi connectivity index (χ0) is 16.2. The topological polar surface area (TPSA) is 87.1 Å². The van der Waals surface area contributed by atoms with E-state index in [0.29, 0.717) is 23.6 Å². The van der Waals surface area contributed by atoms with Crippen LogP contribution >= 0.6 is 0 Å². The molecule has 0 saturated heterocycles. The fourth-order valence-electron chi connectivity index (χ4n) is 2.97. The summed E-state index contributed by atoms with van der Waals surface area (Å²) in [5.74, 6) is 0.416. The number of nitrogens with one attached hydrogen (secondary N) is 2. The summed E-state index contributed by atoms with van der Waals surface area (Å²) in [6.45, 7) is 2.47. The van der Waals surface area contributed by atoms with Crippen LogP contribution in [-0.4, -0.2) is 39.7 Å². The number of aliphatic hydroxyl groups is 1. The molecule has 1 fully saturated rings. The van der Waals surface area contributed by atoms with Crippen LogP contribution in [0.3, 0.4) is 0 Å². The number of anilines is 1. The van der Waals surface area contributed by atoms with Crippen molar-refractivity contribution in [2.75, 3.05) is 11.9 Å². The second-order valence-electron chi connectivity index (χ2n) is 5.95. The van der Waals surface area contributed by atoms with Gasteiger partial charge in [0, 0.05) is 24.2 Å². The first kappa shape index (κ1) is 15.7. The van der Waals surface area contributed by atoms with Crippen LogP contribution in [-0.2, 0) is 0 Å². The van der Waals surface area contributed by atoms with Gasteiger partial charge in [-0.1, -0.05) is 12.1 Å². The molecule has 6 nitrogen and oxygen atoms in total. The number of hydrogen-bond donors (Lipinski definition) is 3. The zero-order valence-electron chi connectivity index (χ0n) is 13.2. The highest BCUT2D eigenvalue weighted by molar-refractivity contribution is 6.05. The number of carbonyl (C=O) groups excluding carboxylic acids is 1. The first-order chi connectivity index (χ1) is 11.2. The molecule has 1 heterocycles. The van der Waals surface area contributed by atoms with E-state index in [1.807, 2.05) is 19.1 Å². The Labute approximate surface area is 135 Å². The highest BCUT2D eigenvalue weighted by Gasteiger charge is 2.20. The molecule has 0 unspecified atom stereocenters. The van der Waals surface area contributed by atoms with Gasteiger partial charge < -0.3 is 15.7 Å². The molecule has 1 amide bonds. The van der Waals surface area contributed by atoms with E-state index in [9.17, 15) is 9.90 Å². The number of para-hydroxylation sites is 1. The lowest BCUT2D eigenvalue weighted by Crippen LogP contribution is -2.29. The number of aliphatic hydroxyl groups excluding tert-OH is 1. The smallest absolute Gasteiger partial charge is 0.253 e. The van der Waals surface area contributed by atoms with Crippen molar-refractivity contribution in [2.24, 2.45) is 0 Å². The quantitative estimate of drug-likeness (QED) is 0.804. The summed E-state index contributed by atoms with van der Waals surface area (Å²) in [6, 6.07) is 5.79. The van der Waals surface area contributed by atoms with Crippen molar-refractivity contribution in [3.05, 3.63) is 30.0 Å². The maximum absolute atomic E-state index is 12.2. The second-order valence-corrected chi connectivity index (χ2v) is 5.95. The summed E-state index contributed by atoms with van der Waals surface area (Å²) in [5, 5.41) is 16.6. The summed E-state index contributed by atoms with van der Waals surface area (Å²) in [7, 11) is 0. The van der Waals surface area contributed by atoms with E-state index < -0.39 is 0 Å². The monoisotopic (exact) mass is 314 g/mol. The van der Waals surface area contributed by atoms with Crippen molar-refractivity contribution in [1.82, 2.24) is 15.3 Å². The minimum atomic E-state index is -0.185. The lowest BCUT2D eigenvalue weighted by atomic mass is 9.93. The molecular weight excluding hydrogens is 292 g/mol. The minimum Gasteiger partial charge on any atom is -0.393 e. The van der Waals surface area contributed by atoms with Gasteiger partial charge in [0.1, 0.15) is 0 Å². The average Bonchev–Trinajstić information content (AvgIpc) is 2.56. The highest BCUT2D eigenvalue weighted by Crippen LogP contribution is 2.22. The van der Waals surface area contributed by atoms with E-state index in [1.54, 1.807) is 12.3 Å². The van der Waals surface area contributed by atoms with Crippen molar-refractivity contribution in [3.63, 3.8) is 0 Å². The van der Waals surface area contributed by atoms with Gasteiger partial charge in [-0.3, -0.25) is 4.79 Å². The standard InChI is InChI=1S/C17H22N4O2/c1-2-18-16(23)14-5-3-4-11-10-19-17(21-15(11)14)20-12-6-8-13(22)9-7-12/h3-5,10,12-13,22H,2,6-9H2,1H3,(H,18,23)(H,19,20,21). The number of amides is 1. The first-order valence-electron chi connectivity index (χ1n) is 8.16. The molecule has 0 aliphatic heterocycles. The molecule has 3 rings (SSSR count). The zero-order valence-corrected chi connectivity index (χ0v) is 13.2. The first-order valence-corrected chi connectivity index (χ1v) is 8.16. The van der Waals surface area contributed by atoms with Gasteiger partial charge in [-0.05, 0) is 38.7 Å². The van der Waals surface area contributed by atoms with Crippen LogP contribution in [0.2, 0.25) is 0 Å². The van der Waals surface area contributed by atoms with Crippen molar-refractivity contribution < 1.29 is 9.90 Å². The summed E-state index contributed by atoms with van der Waals surface area (Å²) in [5.41, 5.74) is 1.22. The Morgan fingerprint density at radius 1 is 1.30 bits per heavy atom. The largest absolute Gasteiger partial charge is 0.393 e. The van der Waals surface area contributed by atoms with Gasteiger partial charge in [0.25, 0.3) is 5.91 Å². The number of fused-ring (bicyclic) bond motifs is 1. The van der Waals surface area contributed by atoms with Gasteiger partial charge in [0.15, 0.2) is 0 Å². The van der Waals surface area contributed by atoms with Crippen molar-refractivity contribution in [2.45, 2.75) is 44.8 Å². The fourth-order valence-corrected chi connectivity index (χ4v) is 2.97. The maximum atomic E-state index is 12.2. The highest BCUT2D eigenvalue weighted by atomic mass is 16.3. The third kappa shape index (κ3) is 3.59. The summed E-state index contributed by atoms with van der Waals surface area (Å²) in [4.78, 5) is 21.1. The molecule has 1 aliphatic rings. The number of nitrogens with zero attached hydrogens (tertiary/aromatic N) is 2.